The van der Waals surface area contributed by atoms with Gasteiger partial charge in [0, 0.05) is 16.4 Å². The van der Waals surface area contributed by atoms with E-state index in [0.29, 0.717) is 5.02 Å². The van der Waals surface area contributed by atoms with Crippen molar-refractivity contribution in [2.45, 2.75) is 27.2 Å². The van der Waals surface area contributed by atoms with Gasteiger partial charge in [-0.25, -0.2) is 5.43 Å². The lowest BCUT2D eigenvalue weighted by Gasteiger charge is -2.09. The number of anilines is 1. The number of hydrazone groups is 1. The van der Waals surface area contributed by atoms with Crippen molar-refractivity contribution in [2.75, 3.05) is 11.9 Å². The summed E-state index contributed by atoms with van der Waals surface area (Å²) in [4.78, 5) is 11.5. The van der Waals surface area contributed by atoms with Gasteiger partial charge in [-0.2, -0.15) is 5.10 Å². The monoisotopic (exact) mass is 267 g/mol. The van der Waals surface area contributed by atoms with Crippen LogP contribution in [0.5, 0.6) is 0 Å². The molecule has 0 unspecified atom stereocenters. The van der Waals surface area contributed by atoms with E-state index < -0.39 is 0 Å². The van der Waals surface area contributed by atoms with Gasteiger partial charge in [0.05, 0.1) is 6.54 Å². The highest BCUT2D eigenvalue weighted by molar-refractivity contribution is 6.31. The predicted octanol–water partition coefficient (Wildman–Crippen LogP) is 2.96. The average molecular weight is 268 g/mol. The molecule has 0 atom stereocenters. The standard InChI is InChI=1S/C13H18ClN3O/c1-4-9(2)16-17-13(18)8-15-12-7-5-6-11(14)10(12)3/h5-7,15H,4,8H2,1-3H3,(H,17,18)/b16-9-. The van der Waals surface area contributed by atoms with Crippen LogP contribution in [0.25, 0.3) is 0 Å². The molecule has 0 saturated heterocycles. The van der Waals surface area contributed by atoms with Gasteiger partial charge < -0.3 is 5.32 Å². The second-order valence-electron chi connectivity index (χ2n) is 4.00. The maximum Gasteiger partial charge on any atom is 0.259 e. The van der Waals surface area contributed by atoms with Gasteiger partial charge in [0.25, 0.3) is 5.91 Å². The van der Waals surface area contributed by atoms with Crippen molar-refractivity contribution in [3.63, 3.8) is 0 Å². The fourth-order valence-electron chi connectivity index (χ4n) is 1.25. The molecule has 0 aromatic heterocycles. The summed E-state index contributed by atoms with van der Waals surface area (Å²) in [6, 6.07) is 5.54. The number of nitrogens with zero attached hydrogens (tertiary/aromatic N) is 1. The van der Waals surface area contributed by atoms with Crippen molar-refractivity contribution in [2.24, 2.45) is 5.10 Å². The van der Waals surface area contributed by atoms with Crippen LogP contribution in [0.4, 0.5) is 5.69 Å². The molecule has 1 aromatic rings. The Kier molecular flexibility index (Phi) is 5.65. The van der Waals surface area contributed by atoms with Crippen molar-refractivity contribution in [3.8, 4) is 0 Å². The molecule has 5 heteroatoms. The highest BCUT2D eigenvalue weighted by Crippen LogP contribution is 2.22. The minimum absolute atomic E-state index is 0.168. The fraction of sp³-hybridized carbons (Fsp3) is 0.385. The first-order valence-corrected chi connectivity index (χ1v) is 6.23. The van der Waals surface area contributed by atoms with E-state index >= 15 is 0 Å². The molecule has 0 heterocycles. The summed E-state index contributed by atoms with van der Waals surface area (Å²) >= 11 is 5.99. The van der Waals surface area contributed by atoms with E-state index in [4.69, 9.17) is 11.6 Å². The molecule has 98 valence electrons. The van der Waals surface area contributed by atoms with Crippen LogP contribution in [0, 0.1) is 6.92 Å². The van der Waals surface area contributed by atoms with Crippen molar-refractivity contribution >= 4 is 28.9 Å². The maximum absolute atomic E-state index is 11.5. The number of hydrogen-bond acceptors (Lipinski definition) is 3. The van der Waals surface area contributed by atoms with Crippen LogP contribution in [0.1, 0.15) is 25.8 Å². The summed E-state index contributed by atoms with van der Waals surface area (Å²) in [6.45, 7) is 5.93. The minimum atomic E-state index is -0.179. The molecule has 18 heavy (non-hydrogen) atoms. The lowest BCUT2D eigenvalue weighted by atomic mass is 10.2. The topological polar surface area (TPSA) is 53.5 Å². The lowest BCUT2D eigenvalue weighted by molar-refractivity contribution is -0.119. The molecule has 0 bridgehead atoms. The second-order valence-corrected chi connectivity index (χ2v) is 4.41. The molecule has 0 radical (unpaired) electrons. The van der Waals surface area contributed by atoms with Crippen LogP contribution in [0.15, 0.2) is 23.3 Å². The molecule has 2 N–H and O–H groups in total. The normalized spacial score (nSPS) is 11.2. The van der Waals surface area contributed by atoms with Gasteiger partial charge in [0.1, 0.15) is 0 Å². The van der Waals surface area contributed by atoms with Crippen molar-refractivity contribution in [1.29, 1.82) is 0 Å². The number of rotatable bonds is 5. The summed E-state index contributed by atoms with van der Waals surface area (Å²) in [5, 5.41) is 7.66. The zero-order valence-corrected chi connectivity index (χ0v) is 11.6. The van der Waals surface area contributed by atoms with E-state index in [2.05, 4.69) is 15.8 Å². The van der Waals surface area contributed by atoms with Gasteiger partial charge in [-0.15, -0.1) is 0 Å². The highest BCUT2D eigenvalue weighted by atomic mass is 35.5. The summed E-state index contributed by atoms with van der Waals surface area (Å²) < 4.78 is 0. The van der Waals surface area contributed by atoms with Gasteiger partial charge in [-0.05, 0) is 38.0 Å². The molecular weight excluding hydrogens is 250 g/mol. The van der Waals surface area contributed by atoms with E-state index in [1.165, 1.54) is 0 Å². The largest absolute Gasteiger partial charge is 0.376 e. The van der Waals surface area contributed by atoms with Crippen molar-refractivity contribution in [1.82, 2.24) is 5.43 Å². The Morgan fingerprint density at radius 2 is 2.17 bits per heavy atom. The molecule has 0 spiro atoms. The quantitative estimate of drug-likeness (QED) is 0.637. The molecule has 0 saturated carbocycles. The lowest BCUT2D eigenvalue weighted by Crippen LogP contribution is -2.26. The zero-order valence-electron chi connectivity index (χ0n) is 10.9. The molecule has 0 aliphatic rings. The van der Waals surface area contributed by atoms with Crippen LogP contribution >= 0.6 is 11.6 Å². The molecule has 1 aromatic carbocycles. The number of halogens is 1. The number of benzene rings is 1. The molecule has 1 rings (SSSR count). The van der Waals surface area contributed by atoms with E-state index in [0.717, 1.165) is 23.4 Å². The fourth-order valence-corrected chi connectivity index (χ4v) is 1.43. The average Bonchev–Trinajstić information content (AvgIpc) is 2.37. The summed E-state index contributed by atoms with van der Waals surface area (Å²) in [5.74, 6) is -0.179. The molecule has 0 aliphatic carbocycles. The first kappa shape index (κ1) is 14.5. The highest BCUT2D eigenvalue weighted by Gasteiger charge is 2.04. The number of nitrogens with one attached hydrogen (secondary N) is 2. The number of carbonyl (C=O) groups is 1. The first-order chi connectivity index (χ1) is 8.54. The molecule has 4 nitrogen and oxygen atoms in total. The van der Waals surface area contributed by atoms with Gasteiger partial charge in [-0.1, -0.05) is 24.6 Å². The van der Waals surface area contributed by atoms with Crippen LogP contribution in [0.2, 0.25) is 5.02 Å². The maximum atomic E-state index is 11.5. The van der Waals surface area contributed by atoms with Gasteiger partial charge in [0.2, 0.25) is 0 Å². The number of hydrogen-bond donors (Lipinski definition) is 2. The van der Waals surface area contributed by atoms with E-state index in [1.54, 1.807) is 0 Å². The summed E-state index contributed by atoms with van der Waals surface area (Å²) in [6.07, 6.45) is 0.821. The van der Waals surface area contributed by atoms with Crippen LogP contribution in [0.3, 0.4) is 0 Å². The molecule has 1 amide bonds. The third-order valence-electron chi connectivity index (χ3n) is 2.59. The number of amides is 1. The van der Waals surface area contributed by atoms with Gasteiger partial charge in [-0.3, -0.25) is 4.79 Å². The Morgan fingerprint density at radius 1 is 1.44 bits per heavy atom. The van der Waals surface area contributed by atoms with Crippen molar-refractivity contribution in [3.05, 3.63) is 28.8 Å². The van der Waals surface area contributed by atoms with Crippen LogP contribution in [-0.2, 0) is 4.79 Å². The van der Waals surface area contributed by atoms with Crippen LogP contribution < -0.4 is 10.7 Å². The molecule has 0 aliphatic heterocycles. The van der Waals surface area contributed by atoms with E-state index in [1.807, 2.05) is 39.0 Å². The Bertz CT molecular complexity index is 458. The van der Waals surface area contributed by atoms with Gasteiger partial charge in [0.15, 0.2) is 0 Å². The Balaban J connectivity index is 2.50. The smallest absolute Gasteiger partial charge is 0.259 e. The van der Waals surface area contributed by atoms with Gasteiger partial charge >= 0.3 is 0 Å². The van der Waals surface area contributed by atoms with Crippen molar-refractivity contribution < 1.29 is 4.79 Å². The Morgan fingerprint density at radius 3 is 2.83 bits per heavy atom. The summed E-state index contributed by atoms with van der Waals surface area (Å²) in [7, 11) is 0. The van der Waals surface area contributed by atoms with Crippen LogP contribution in [-0.4, -0.2) is 18.2 Å². The second kappa shape index (κ2) is 7.01. The third kappa shape index (κ3) is 4.37. The summed E-state index contributed by atoms with van der Waals surface area (Å²) in [5.41, 5.74) is 5.17. The third-order valence-corrected chi connectivity index (χ3v) is 3.00. The van der Waals surface area contributed by atoms with E-state index in [-0.39, 0.29) is 12.5 Å². The minimum Gasteiger partial charge on any atom is -0.376 e. The predicted molar refractivity (Wildman–Crippen MR) is 76.2 cm³/mol. The SMILES string of the molecule is CC/C(C)=N\NC(=O)CNc1cccc(Cl)c1C. The molecule has 0 fully saturated rings. The molecular formula is C13H18ClN3O. The first-order valence-electron chi connectivity index (χ1n) is 5.85. The zero-order chi connectivity index (χ0) is 13.5. The Hall–Kier alpha value is -1.55. The van der Waals surface area contributed by atoms with E-state index in [9.17, 15) is 4.79 Å². The Labute approximate surface area is 112 Å². The number of carbonyl (C=O) groups excluding carboxylic acids is 1.